The highest BCUT2D eigenvalue weighted by Crippen LogP contribution is 2.39. The van der Waals surface area contributed by atoms with Gasteiger partial charge in [0.25, 0.3) is 0 Å². The van der Waals surface area contributed by atoms with Crippen molar-refractivity contribution >= 4 is 5.78 Å². The Bertz CT molecular complexity index is 964. The van der Waals surface area contributed by atoms with E-state index in [4.69, 9.17) is 0 Å². The van der Waals surface area contributed by atoms with E-state index < -0.39 is 0 Å². The average Bonchev–Trinajstić information content (AvgIpc) is 3.09. The first-order valence-corrected chi connectivity index (χ1v) is 20.3. The average molecular weight is 627 g/mol. The molecule has 0 aromatic heterocycles. The molecular formula is C45H70O. The van der Waals surface area contributed by atoms with Crippen LogP contribution in [0.3, 0.4) is 0 Å². The van der Waals surface area contributed by atoms with Crippen molar-refractivity contribution in [3.8, 4) is 0 Å². The Morgan fingerprint density at radius 1 is 0.478 bits per heavy atom. The molecule has 46 heavy (non-hydrogen) atoms. The van der Waals surface area contributed by atoms with Crippen LogP contribution >= 0.6 is 0 Å². The number of rotatable bonds is 22. The largest absolute Gasteiger partial charge is 0.300 e. The molecule has 256 valence electrons. The third kappa shape index (κ3) is 13.7. The number of carbonyl (C=O) groups is 1. The summed E-state index contributed by atoms with van der Waals surface area (Å²) in [7, 11) is 0. The first-order chi connectivity index (χ1) is 22.6. The van der Waals surface area contributed by atoms with Crippen molar-refractivity contribution in [2.75, 3.05) is 0 Å². The minimum Gasteiger partial charge on any atom is -0.300 e. The van der Waals surface area contributed by atoms with Crippen molar-refractivity contribution < 1.29 is 4.79 Å². The van der Waals surface area contributed by atoms with Crippen LogP contribution in [0.15, 0.2) is 48.5 Å². The van der Waals surface area contributed by atoms with Crippen molar-refractivity contribution in [1.29, 1.82) is 0 Å². The molecule has 2 saturated carbocycles. The second-order valence-electron chi connectivity index (χ2n) is 15.6. The third-order valence-corrected chi connectivity index (χ3v) is 11.9. The summed E-state index contributed by atoms with van der Waals surface area (Å²) in [5.74, 6) is 3.92. The minimum absolute atomic E-state index is 0.442. The van der Waals surface area contributed by atoms with Crippen LogP contribution in [-0.4, -0.2) is 5.78 Å². The normalized spacial score (nSPS) is 21.8. The lowest BCUT2D eigenvalue weighted by Crippen LogP contribution is -2.13. The van der Waals surface area contributed by atoms with Crippen molar-refractivity contribution in [3.05, 3.63) is 70.8 Å². The maximum Gasteiger partial charge on any atom is 0.132 e. The van der Waals surface area contributed by atoms with E-state index in [1.165, 1.54) is 140 Å². The Kier molecular flexibility index (Phi) is 17.6. The summed E-state index contributed by atoms with van der Waals surface area (Å²) in [4.78, 5) is 12.6. The first-order valence-electron chi connectivity index (χ1n) is 20.3. The standard InChI is InChI=1S/C45H70O/c1-3-5-7-9-11-15-37-21-29-41(30-22-37)43-33-25-39(26-34-43)17-13-19-45(46)20-14-18-40-27-35-44(36-28-40)42-31-23-38(24-32-42)16-12-10-8-6-4-2/h25-28,33-38,41-42H,3-24,29-32H2,1-2H3. The highest BCUT2D eigenvalue weighted by molar-refractivity contribution is 5.78. The summed E-state index contributed by atoms with van der Waals surface area (Å²) in [5.41, 5.74) is 5.89. The van der Waals surface area contributed by atoms with Crippen molar-refractivity contribution in [3.63, 3.8) is 0 Å². The van der Waals surface area contributed by atoms with Crippen molar-refractivity contribution in [2.24, 2.45) is 11.8 Å². The third-order valence-electron chi connectivity index (χ3n) is 11.9. The summed E-state index contributed by atoms with van der Waals surface area (Å²) in [6.07, 6.45) is 33.7. The SMILES string of the molecule is CCCCCCCC1CCC(c2ccc(CCCC(=O)CCCc3ccc(C4CCC(CCCCCCC)CC4)cc3)cc2)CC1. The van der Waals surface area contributed by atoms with Gasteiger partial charge in [0.15, 0.2) is 0 Å². The van der Waals surface area contributed by atoms with Gasteiger partial charge >= 0.3 is 0 Å². The molecule has 2 aromatic rings. The molecule has 0 saturated heterocycles. The topological polar surface area (TPSA) is 17.1 Å². The number of carbonyl (C=O) groups excluding carboxylic acids is 1. The first kappa shape index (κ1) is 36.9. The number of hydrogen-bond acceptors (Lipinski definition) is 1. The van der Waals surface area contributed by atoms with Crippen LogP contribution in [0.25, 0.3) is 0 Å². The summed E-state index contributed by atoms with van der Waals surface area (Å²) in [5, 5.41) is 0. The number of Topliss-reactive ketones (excluding diaryl/α,β-unsaturated/α-hetero) is 1. The van der Waals surface area contributed by atoms with Gasteiger partial charge in [-0.1, -0.05) is 139 Å². The van der Waals surface area contributed by atoms with Crippen LogP contribution in [-0.2, 0) is 17.6 Å². The second kappa shape index (κ2) is 21.9. The molecule has 0 atom stereocenters. The van der Waals surface area contributed by atoms with Crippen LogP contribution in [0.1, 0.15) is 202 Å². The Morgan fingerprint density at radius 2 is 0.848 bits per heavy atom. The zero-order valence-corrected chi connectivity index (χ0v) is 30.2. The molecule has 0 N–H and O–H groups in total. The van der Waals surface area contributed by atoms with Gasteiger partial charge in [-0.3, -0.25) is 4.79 Å². The van der Waals surface area contributed by atoms with Gasteiger partial charge in [-0.05, 0) is 123 Å². The summed E-state index contributed by atoms with van der Waals surface area (Å²) in [6.45, 7) is 4.61. The van der Waals surface area contributed by atoms with Crippen LogP contribution in [0.5, 0.6) is 0 Å². The van der Waals surface area contributed by atoms with E-state index in [1.54, 1.807) is 11.1 Å². The number of hydrogen-bond donors (Lipinski definition) is 0. The van der Waals surface area contributed by atoms with Crippen LogP contribution in [0, 0.1) is 11.8 Å². The number of benzene rings is 2. The van der Waals surface area contributed by atoms with Gasteiger partial charge in [0.05, 0.1) is 0 Å². The molecule has 2 aliphatic carbocycles. The molecule has 0 bridgehead atoms. The van der Waals surface area contributed by atoms with Gasteiger partial charge in [0.1, 0.15) is 5.78 Å². The molecular weight excluding hydrogens is 556 g/mol. The number of unbranched alkanes of at least 4 members (excludes halogenated alkanes) is 8. The van der Waals surface area contributed by atoms with E-state index in [-0.39, 0.29) is 0 Å². The zero-order valence-electron chi connectivity index (χ0n) is 30.2. The molecule has 2 aromatic carbocycles. The van der Waals surface area contributed by atoms with E-state index in [0.717, 1.165) is 62.2 Å². The van der Waals surface area contributed by atoms with Gasteiger partial charge in [-0.15, -0.1) is 0 Å². The molecule has 1 heteroatoms. The predicted molar refractivity (Wildman–Crippen MR) is 200 cm³/mol. The van der Waals surface area contributed by atoms with E-state index in [2.05, 4.69) is 62.4 Å². The van der Waals surface area contributed by atoms with Crippen LogP contribution in [0.2, 0.25) is 0 Å². The fourth-order valence-corrected chi connectivity index (χ4v) is 8.66. The number of aryl methyl sites for hydroxylation is 2. The minimum atomic E-state index is 0.442. The highest BCUT2D eigenvalue weighted by atomic mass is 16.1. The molecule has 0 amide bonds. The van der Waals surface area contributed by atoms with E-state index >= 15 is 0 Å². The van der Waals surface area contributed by atoms with Gasteiger partial charge in [-0.2, -0.15) is 0 Å². The quantitative estimate of drug-likeness (QED) is 0.119. The van der Waals surface area contributed by atoms with Crippen molar-refractivity contribution in [1.82, 2.24) is 0 Å². The predicted octanol–water partition coefficient (Wildman–Crippen LogP) is 13.9. The lowest BCUT2D eigenvalue weighted by molar-refractivity contribution is -0.119. The highest BCUT2D eigenvalue weighted by Gasteiger charge is 2.23. The van der Waals surface area contributed by atoms with Crippen molar-refractivity contribution in [2.45, 2.75) is 193 Å². The van der Waals surface area contributed by atoms with E-state index in [1.807, 2.05) is 0 Å². The van der Waals surface area contributed by atoms with Gasteiger partial charge in [-0.25, -0.2) is 0 Å². The fraction of sp³-hybridized carbons (Fsp3) is 0.711. The molecule has 0 heterocycles. The van der Waals surface area contributed by atoms with Gasteiger partial charge in [0, 0.05) is 12.8 Å². The lowest BCUT2D eigenvalue weighted by Gasteiger charge is -2.29. The molecule has 1 nitrogen and oxygen atoms in total. The Balaban J connectivity index is 1.03. The molecule has 2 fully saturated rings. The molecule has 0 aliphatic heterocycles. The molecule has 2 aliphatic rings. The summed E-state index contributed by atoms with van der Waals surface area (Å²) in [6, 6.07) is 18.9. The van der Waals surface area contributed by atoms with Crippen LogP contribution < -0.4 is 0 Å². The van der Waals surface area contributed by atoms with E-state index in [0.29, 0.717) is 5.78 Å². The molecule has 0 radical (unpaired) electrons. The summed E-state index contributed by atoms with van der Waals surface area (Å²) < 4.78 is 0. The smallest absolute Gasteiger partial charge is 0.132 e. The zero-order chi connectivity index (χ0) is 32.2. The summed E-state index contributed by atoms with van der Waals surface area (Å²) >= 11 is 0. The molecule has 0 spiro atoms. The Hall–Kier alpha value is -1.89. The fourth-order valence-electron chi connectivity index (χ4n) is 8.66. The molecule has 4 rings (SSSR count). The van der Waals surface area contributed by atoms with Crippen LogP contribution in [0.4, 0.5) is 0 Å². The van der Waals surface area contributed by atoms with Gasteiger partial charge in [0.2, 0.25) is 0 Å². The van der Waals surface area contributed by atoms with Gasteiger partial charge < -0.3 is 0 Å². The lowest BCUT2D eigenvalue weighted by atomic mass is 9.77. The van der Waals surface area contributed by atoms with E-state index in [9.17, 15) is 4.79 Å². The maximum atomic E-state index is 12.6. The number of ketones is 1. The Morgan fingerprint density at radius 3 is 1.22 bits per heavy atom. The molecule has 0 unspecified atom stereocenters. The monoisotopic (exact) mass is 627 g/mol. The Labute approximate surface area is 285 Å². The second-order valence-corrected chi connectivity index (χ2v) is 15.6. The maximum absolute atomic E-state index is 12.6.